The molecule has 1 spiro atoms. The number of ether oxygens (including phenoxy) is 1. The number of likely N-dealkylation sites (N-methyl/N-ethyl adjacent to an activating group) is 1. The van der Waals surface area contributed by atoms with Gasteiger partial charge in [0.25, 0.3) is 0 Å². The van der Waals surface area contributed by atoms with E-state index in [4.69, 9.17) is 4.74 Å². The zero-order chi connectivity index (χ0) is 26.5. The Kier molecular flexibility index (Phi) is 6.92. The van der Waals surface area contributed by atoms with E-state index < -0.39 is 11.7 Å². The van der Waals surface area contributed by atoms with Gasteiger partial charge in [0, 0.05) is 57.5 Å². The topological polar surface area (TPSA) is 85.9 Å². The van der Waals surface area contributed by atoms with E-state index in [1.165, 1.54) is 12.8 Å². The second-order valence-corrected chi connectivity index (χ2v) is 12.0. The van der Waals surface area contributed by atoms with Crippen molar-refractivity contribution in [2.75, 3.05) is 70.2 Å². The number of nitrogens with one attached hydrogen (secondary N) is 2. The van der Waals surface area contributed by atoms with Crippen molar-refractivity contribution in [3.8, 4) is 0 Å². The van der Waals surface area contributed by atoms with E-state index in [0.29, 0.717) is 37.6 Å². The number of aromatic nitrogens is 2. The normalized spacial score (nSPS) is 33.8. The zero-order valence-electron chi connectivity index (χ0n) is 22.0. The lowest BCUT2D eigenvalue weighted by atomic mass is 9.51. The number of anilines is 2. The number of likely N-dealkylation sites (tertiary alicyclic amines) is 1. The highest BCUT2D eigenvalue weighted by Crippen LogP contribution is 2.57. The van der Waals surface area contributed by atoms with Crippen LogP contribution >= 0.6 is 0 Å². The minimum atomic E-state index is -4.55. The summed E-state index contributed by atoms with van der Waals surface area (Å²) in [4.78, 5) is 27.5. The van der Waals surface area contributed by atoms with Gasteiger partial charge in [0.05, 0.1) is 25.2 Å². The molecule has 12 heteroatoms. The summed E-state index contributed by atoms with van der Waals surface area (Å²) in [6.07, 6.45) is 2.10. The van der Waals surface area contributed by atoms with Crippen LogP contribution in [0, 0.1) is 11.3 Å². The number of nitrogens with zero attached hydrogens (tertiary/aromatic N) is 5. The Hall–Kier alpha value is -2.18. The Morgan fingerprint density at radius 1 is 1.11 bits per heavy atom. The number of carbonyl (C=O) groups is 1. The quantitative estimate of drug-likeness (QED) is 0.490. The number of halogens is 3. The Balaban J connectivity index is 0.997. The first-order chi connectivity index (χ1) is 18.2. The Labute approximate surface area is 221 Å². The molecule has 2 bridgehead atoms. The molecule has 0 radical (unpaired) electrons. The standard InChI is InChI=1S/C26H38F3N7O2/c1-34-5-7-35(8-6-34)20-12-25(13-20)10-18(11-25)32-24-31-14-21(26(27,28)29)22(33-24)30-3-2-4-36-19-9-17(23(36)37)15-38-16-19/h14,17-20H,2-13,15-16H2,1H3,(H2,30,31,32,33). The lowest BCUT2D eigenvalue weighted by molar-refractivity contribution is -0.137. The van der Waals surface area contributed by atoms with Gasteiger partial charge in [-0.2, -0.15) is 18.2 Å². The van der Waals surface area contributed by atoms with Gasteiger partial charge >= 0.3 is 6.18 Å². The van der Waals surface area contributed by atoms with Gasteiger partial charge in [-0.15, -0.1) is 0 Å². The molecule has 3 aliphatic heterocycles. The monoisotopic (exact) mass is 537 g/mol. The van der Waals surface area contributed by atoms with Gasteiger partial charge in [0.15, 0.2) is 0 Å². The van der Waals surface area contributed by atoms with E-state index in [1.807, 2.05) is 4.90 Å². The number of rotatable bonds is 8. The van der Waals surface area contributed by atoms with Crippen LogP contribution in [0.1, 0.15) is 44.1 Å². The summed E-state index contributed by atoms with van der Waals surface area (Å²) in [6, 6.07) is 0.946. The third kappa shape index (κ3) is 5.19. The van der Waals surface area contributed by atoms with Crippen LogP contribution in [0.25, 0.3) is 0 Å². The average Bonchev–Trinajstić information content (AvgIpc) is 3.04. The van der Waals surface area contributed by atoms with Crippen molar-refractivity contribution in [3.05, 3.63) is 11.8 Å². The number of hydrogen-bond acceptors (Lipinski definition) is 8. The van der Waals surface area contributed by atoms with Crippen molar-refractivity contribution >= 4 is 17.7 Å². The molecule has 2 aliphatic carbocycles. The first-order valence-corrected chi connectivity index (χ1v) is 13.9. The van der Waals surface area contributed by atoms with Crippen LogP contribution in [0.3, 0.4) is 0 Å². The fourth-order valence-electron chi connectivity index (χ4n) is 7.15. The SMILES string of the molecule is CN1CCN(C2CC3(CC(Nc4ncc(C(F)(F)F)c(NCCCN5C(=O)C6COCC5C6)n4)C3)C2)CC1. The van der Waals surface area contributed by atoms with Crippen molar-refractivity contribution in [3.63, 3.8) is 0 Å². The lowest BCUT2D eigenvalue weighted by Crippen LogP contribution is -2.61. The molecular formula is C26H38F3N7O2. The molecule has 6 rings (SSSR count). The molecular weight excluding hydrogens is 499 g/mol. The van der Waals surface area contributed by atoms with E-state index in [0.717, 1.165) is 51.6 Å². The van der Waals surface area contributed by atoms with E-state index in [2.05, 4.69) is 37.4 Å². The number of hydrogen-bond donors (Lipinski definition) is 2. The highest BCUT2D eigenvalue weighted by molar-refractivity contribution is 5.82. The maximum absolute atomic E-state index is 13.6. The minimum absolute atomic E-state index is 0.0720. The predicted octanol–water partition coefficient (Wildman–Crippen LogP) is 2.52. The highest BCUT2D eigenvalue weighted by atomic mass is 19.4. The molecule has 210 valence electrons. The molecule has 2 saturated carbocycles. The van der Waals surface area contributed by atoms with Gasteiger partial charge in [0.1, 0.15) is 11.4 Å². The smallest absolute Gasteiger partial charge is 0.378 e. The van der Waals surface area contributed by atoms with Crippen molar-refractivity contribution in [1.29, 1.82) is 0 Å². The molecule has 9 nitrogen and oxygen atoms in total. The second-order valence-electron chi connectivity index (χ2n) is 12.0. The summed E-state index contributed by atoms with van der Waals surface area (Å²) in [7, 11) is 2.17. The number of alkyl halides is 3. The molecule has 3 saturated heterocycles. The van der Waals surface area contributed by atoms with Crippen LogP contribution in [0.4, 0.5) is 24.9 Å². The van der Waals surface area contributed by atoms with Crippen LogP contribution < -0.4 is 10.6 Å². The molecule has 2 N–H and O–H groups in total. The predicted molar refractivity (Wildman–Crippen MR) is 136 cm³/mol. The van der Waals surface area contributed by atoms with Gasteiger partial charge in [0.2, 0.25) is 11.9 Å². The highest BCUT2D eigenvalue weighted by Gasteiger charge is 2.54. The Bertz CT molecular complexity index is 1020. The number of amides is 1. The van der Waals surface area contributed by atoms with E-state index >= 15 is 0 Å². The largest absolute Gasteiger partial charge is 0.421 e. The fraction of sp³-hybridized carbons (Fsp3) is 0.808. The van der Waals surface area contributed by atoms with Crippen molar-refractivity contribution in [2.45, 2.75) is 62.8 Å². The zero-order valence-corrected chi connectivity index (χ0v) is 22.0. The van der Waals surface area contributed by atoms with Crippen LogP contribution in [0.2, 0.25) is 0 Å². The lowest BCUT2D eigenvalue weighted by Gasteiger charge is -2.60. The maximum atomic E-state index is 13.6. The van der Waals surface area contributed by atoms with Crippen molar-refractivity contribution in [1.82, 2.24) is 24.7 Å². The average molecular weight is 538 g/mol. The second kappa shape index (κ2) is 10.1. The molecule has 4 heterocycles. The number of fused-ring (bicyclic) bond motifs is 2. The molecule has 2 unspecified atom stereocenters. The molecule has 1 aromatic heterocycles. The van der Waals surface area contributed by atoms with Crippen molar-refractivity contribution < 1.29 is 22.7 Å². The van der Waals surface area contributed by atoms with Crippen LogP contribution in [0.15, 0.2) is 6.20 Å². The summed E-state index contributed by atoms with van der Waals surface area (Å²) in [5, 5.41) is 6.13. The van der Waals surface area contributed by atoms with Gasteiger partial charge in [-0.3, -0.25) is 9.69 Å². The number of piperazine rings is 1. The molecule has 5 aliphatic rings. The van der Waals surface area contributed by atoms with Crippen LogP contribution in [0.5, 0.6) is 0 Å². The summed E-state index contributed by atoms with van der Waals surface area (Å²) in [5.41, 5.74) is -0.502. The summed E-state index contributed by atoms with van der Waals surface area (Å²) >= 11 is 0. The summed E-state index contributed by atoms with van der Waals surface area (Å²) in [5.74, 6) is 0.0440. The van der Waals surface area contributed by atoms with Gasteiger partial charge in [-0.25, -0.2) is 4.98 Å². The summed E-state index contributed by atoms with van der Waals surface area (Å²) in [6.45, 7) is 6.30. The van der Waals surface area contributed by atoms with Gasteiger partial charge in [-0.05, 0) is 51.0 Å². The van der Waals surface area contributed by atoms with Crippen LogP contribution in [-0.2, 0) is 15.7 Å². The third-order valence-electron chi connectivity index (χ3n) is 9.30. The maximum Gasteiger partial charge on any atom is 0.421 e. The van der Waals surface area contributed by atoms with Crippen molar-refractivity contribution in [2.24, 2.45) is 11.3 Å². The fourth-order valence-corrected chi connectivity index (χ4v) is 7.15. The molecule has 38 heavy (non-hydrogen) atoms. The van der Waals surface area contributed by atoms with Gasteiger partial charge < -0.3 is 25.2 Å². The van der Waals surface area contributed by atoms with E-state index in [1.54, 1.807) is 0 Å². The van der Waals surface area contributed by atoms with Gasteiger partial charge in [-0.1, -0.05) is 0 Å². The summed E-state index contributed by atoms with van der Waals surface area (Å²) < 4.78 is 46.4. The van der Waals surface area contributed by atoms with E-state index in [-0.39, 0.29) is 42.2 Å². The molecule has 5 fully saturated rings. The first-order valence-electron chi connectivity index (χ1n) is 13.9. The molecule has 1 amide bonds. The number of carbonyl (C=O) groups excluding carboxylic acids is 1. The Morgan fingerprint density at radius 2 is 1.87 bits per heavy atom. The third-order valence-corrected chi connectivity index (χ3v) is 9.30. The van der Waals surface area contributed by atoms with E-state index in [9.17, 15) is 18.0 Å². The molecule has 0 aromatic carbocycles. The first kappa shape index (κ1) is 26.1. The minimum Gasteiger partial charge on any atom is -0.378 e. The molecule has 2 atom stereocenters. The van der Waals surface area contributed by atoms with Crippen LogP contribution in [-0.4, -0.2) is 108 Å². The molecule has 1 aromatic rings. The Morgan fingerprint density at radius 3 is 2.58 bits per heavy atom.